The van der Waals surface area contributed by atoms with Crippen LogP contribution in [0.1, 0.15) is 60.3 Å². The summed E-state index contributed by atoms with van der Waals surface area (Å²) in [5.41, 5.74) is 5.73. The first-order chi connectivity index (χ1) is 9.63. The summed E-state index contributed by atoms with van der Waals surface area (Å²) in [6.07, 6.45) is 2.68. The lowest BCUT2D eigenvalue weighted by molar-refractivity contribution is -0.143. The Bertz CT molecular complexity index is 337. The molecule has 3 unspecified atom stereocenters. The molecule has 0 saturated carbocycles. The third-order valence-corrected chi connectivity index (χ3v) is 4.26. The summed E-state index contributed by atoms with van der Waals surface area (Å²) in [4.78, 5) is 23.2. The number of carboxylic acid groups (broad SMARTS) is 1. The summed E-state index contributed by atoms with van der Waals surface area (Å²) < 4.78 is 0. The molecule has 0 aromatic carbocycles. The van der Waals surface area contributed by atoms with E-state index in [-0.39, 0.29) is 17.2 Å². The Morgan fingerprint density at radius 2 is 1.81 bits per heavy atom. The molecule has 21 heavy (non-hydrogen) atoms. The Morgan fingerprint density at radius 1 is 1.24 bits per heavy atom. The Labute approximate surface area is 128 Å². The normalized spacial score (nSPS) is 16.1. The van der Waals surface area contributed by atoms with Gasteiger partial charge in [-0.3, -0.25) is 4.79 Å². The van der Waals surface area contributed by atoms with Gasteiger partial charge in [0.25, 0.3) is 0 Å². The number of carboxylic acids is 1. The molecule has 0 radical (unpaired) electrons. The summed E-state index contributed by atoms with van der Waals surface area (Å²) in [7, 11) is 0. The van der Waals surface area contributed by atoms with Crippen LogP contribution >= 0.6 is 0 Å². The van der Waals surface area contributed by atoms with Crippen LogP contribution in [0.4, 0.5) is 0 Å². The average molecular weight is 300 g/mol. The molecule has 0 aromatic rings. The van der Waals surface area contributed by atoms with Gasteiger partial charge >= 0.3 is 5.97 Å². The molecule has 0 spiro atoms. The van der Waals surface area contributed by atoms with Gasteiger partial charge in [-0.15, -0.1) is 0 Å². The van der Waals surface area contributed by atoms with Crippen molar-refractivity contribution in [1.82, 2.24) is 5.32 Å². The van der Waals surface area contributed by atoms with Crippen LogP contribution in [0.2, 0.25) is 0 Å². The van der Waals surface area contributed by atoms with E-state index < -0.39 is 12.0 Å². The molecule has 0 aliphatic carbocycles. The number of nitrogens with two attached hydrogens (primary N) is 1. The molecule has 124 valence electrons. The number of hydrogen-bond donors (Lipinski definition) is 3. The van der Waals surface area contributed by atoms with Crippen molar-refractivity contribution in [1.29, 1.82) is 0 Å². The van der Waals surface area contributed by atoms with Crippen molar-refractivity contribution in [2.75, 3.05) is 6.54 Å². The van der Waals surface area contributed by atoms with E-state index in [0.717, 1.165) is 19.3 Å². The molecular weight excluding hydrogens is 268 g/mol. The first-order valence-corrected chi connectivity index (χ1v) is 7.85. The molecule has 0 saturated heterocycles. The molecule has 4 N–H and O–H groups in total. The average Bonchev–Trinajstić information content (AvgIpc) is 2.38. The third-order valence-electron chi connectivity index (χ3n) is 4.26. The number of carbonyl (C=O) groups excluding carboxylic acids is 1. The van der Waals surface area contributed by atoms with Gasteiger partial charge in [0.1, 0.15) is 6.04 Å². The fourth-order valence-electron chi connectivity index (χ4n) is 2.45. The molecule has 0 aliphatic rings. The summed E-state index contributed by atoms with van der Waals surface area (Å²) >= 11 is 0. The van der Waals surface area contributed by atoms with Crippen molar-refractivity contribution in [3.63, 3.8) is 0 Å². The van der Waals surface area contributed by atoms with Crippen molar-refractivity contribution in [2.45, 2.75) is 66.3 Å². The minimum atomic E-state index is -0.966. The van der Waals surface area contributed by atoms with Gasteiger partial charge in [-0.1, -0.05) is 41.0 Å². The Kier molecular flexibility index (Phi) is 8.55. The zero-order valence-electron chi connectivity index (χ0n) is 14.1. The highest BCUT2D eigenvalue weighted by atomic mass is 16.4. The fourth-order valence-corrected chi connectivity index (χ4v) is 2.45. The molecule has 1 amide bonds. The highest BCUT2D eigenvalue weighted by molar-refractivity contribution is 5.83. The van der Waals surface area contributed by atoms with Gasteiger partial charge in [0.05, 0.1) is 0 Å². The smallest absolute Gasteiger partial charge is 0.326 e. The maximum atomic E-state index is 12.0. The lowest BCUT2D eigenvalue weighted by Crippen LogP contribution is -2.45. The van der Waals surface area contributed by atoms with Crippen molar-refractivity contribution in [2.24, 2.45) is 23.0 Å². The number of carbonyl (C=O) groups is 2. The van der Waals surface area contributed by atoms with Crippen LogP contribution in [0.25, 0.3) is 0 Å². The second-order valence-electron chi connectivity index (χ2n) is 6.95. The predicted molar refractivity (Wildman–Crippen MR) is 84.9 cm³/mol. The van der Waals surface area contributed by atoms with Gasteiger partial charge in [0, 0.05) is 6.42 Å². The topological polar surface area (TPSA) is 92.4 Å². The second kappa shape index (κ2) is 9.03. The molecular formula is C16H32N2O3. The van der Waals surface area contributed by atoms with Crippen LogP contribution in [-0.4, -0.2) is 29.6 Å². The molecule has 3 atom stereocenters. The highest BCUT2D eigenvalue weighted by Crippen LogP contribution is 2.32. The number of rotatable bonds is 9. The molecule has 5 heteroatoms. The van der Waals surface area contributed by atoms with Crippen LogP contribution in [0.15, 0.2) is 0 Å². The zero-order valence-corrected chi connectivity index (χ0v) is 14.1. The van der Waals surface area contributed by atoms with Crippen LogP contribution in [-0.2, 0) is 9.59 Å². The number of aliphatic carboxylic acids is 1. The van der Waals surface area contributed by atoms with Crippen molar-refractivity contribution >= 4 is 11.9 Å². The van der Waals surface area contributed by atoms with Crippen LogP contribution in [0.3, 0.4) is 0 Å². The van der Waals surface area contributed by atoms with E-state index in [1.165, 1.54) is 0 Å². The van der Waals surface area contributed by atoms with E-state index in [1.54, 1.807) is 0 Å². The molecule has 0 fully saturated rings. The Morgan fingerprint density at radius 3 is 2.19 bits per heavy atom. The molecule has 5 nitrogen and oxygen atoms in total. The molecule has 0 heterocycles. The van der Waals surface area contributed by atoms with E-state index in [4.69, 9.17) is 5.73 Å². The first kappa shape index (κ1) is 19.9. The van der Waals surface area contributed by atoms with E-state index in [9.17, 15) is 14.7 Å². The minimum absolute atomic E-state index is 0.0751. The maximum absolute atomic E-state index is 12.0. The predicted octanol–water partition coefficient (Wildman–Crippen LogP) is 2.39. The number of nitrogens with one attached hydrogen (secondary N) is 1. The zero-order chi connectivity index (χ0) is 16.6. The minimum Gasteiger partial charge on any atom is -0.480 e. The van der Waals surface area contributed by atoms with Gasteiger partial charge in [-0.25, -0.2) is 4.79 Å². The highest BCUT2D eigenvalue weighted by Gasteiger charge is 2.27. The van der Waals surface area contributed by atoms with Crippen molar-refractivity contribution in [3.8, 4) is 0 Å². The quantitative estimate of drug-likeness (QED) is 0.609. The van der Waals surface area contributed by atoms with E-state index in [0.29, 0.717) is 18.9 Å². The third kappa shape index (κ3) is 7.46. The molecule has 0 aliphatic heterocycles. The lowest BCUT2D eigenvalue weighted by atomic mass is 9.76. The summed E-state index contributed by atoms with van der Waals surface area (Å²) in [5.74, 6) is -0.866. The van der Waals surface area contributed by atoms with Gasteiger partial charge in [-0.2, -0.15) is 0 Å². The number of hydrogen-bond acceptors (Lipinski definition) is 3. The Hall–Kier alpha value is -1.10. The van der Waals surface area contributed by atoms with Gasteiger partial charge in [0.2, 0.25) is 5.91 Å². The van der Waals surface area contributed by atoms with Crippen LogP contribution in [0.5, 0.6) is 0 Å². The summed E-state index contributed by atoms with van der Waals surface area (Å²) in [5, 5.41) is 11.8. The largest absolute Gasteiger partial charge is 0.480 e. The standard InChI is InChI=1S/C16H32N2O3/c1-6-11(2)14(15(20)21)18-13(19)8-7-12(9-10-17)16(3,4)5/h11-12,14H,6-10,17H2,1-5H3,(H,18,19)(H,20,21). The van der Waals surface area contributed by atoms with Crippen LogP contribution in [0, 0.1) is 17.3 Å². The summed E-state index contributed by atoms with van der Waals surface area (Å²) in [6.45, 7) is 10.8. The molecule has 0 rings (SSSR count). The molecule has 0 bridgehead atoms. The first-order valence-electron chi connectivity index (χ1n) is 7.85. The van der Waals surface area contributed by atoms with E-state index in [2.05, 4.69) is 26.1 Å². The second-order valence-corrected chi connectivity index (χ2v) is 6.95. The van der Waals surface area contributed by atoms with Crippen molar-refractivity contribution in [3.05, 3.63) is 0 Å². The summed E-state index contributed by atoms with van der Waals surface area (Å²) in [6, 6.07) is -0.801. The van der Waals surface area contributed by atoms with Gasteiger partial charge < -0.3 is 16.2 Å². The van der Waals surface area contributed by atoms with E-state index in [1.807, 2.05) is 13.8 Å². The Balaban J connectivity index is 4.50. The number of amides is 1. The lowest BCUT2D eigenvalue weighted by Gasteiger charge is -2.30. The van der Waals surface area contributed by atoms with Crippen LogP contribution < -0.4 is 11.1 Å². The maximum Gasteiger partial charge on any atom is 0.326 e. The SMILES string of the molecule is CCC(C)C(NC(=O)CCC(CCN)C(C)(C)C)C(=O)O. The monoisotopic (exact) mass is 300 g/mol. The fraction of sp³-hybridized carbons (Fsp3) is 0.875. The molecule has 0 aromatic heterocycles. The van der Waals surface area contributed by atoms with Gasteiger partial charge in [-0.05, 0) is 36.6 Å². The van der Waals surface area contributed by atoms with E-state index >= 15 is 0 Å². The van der Waals surface area contributed by atoms with Gasteiger partial charge in [0.15, 0.2) is 0 Å². The van der Waals surface area contributed by atoms with Crippen molar-refractivity contribution < 1.29 is 14.7 Å².